The molecular formula is C31H27N3O3. The van der Waals surface area contributed by atoms with Crippen LogP contribution in [-0.4, -0.2) is 35.3 Å². The van der Waals surface area contributed by atoms with Gasteiger partial charge in [0.05, 0.1) is 18.0 Å². The molecule has 6 nitrogen and oxygen atoms in total. The maximum Gasteiger partial charge on any atom is 0.255 e. The summed E-state index contributed by atoms with van der Waals surface area (Å²) in [4.78, 5) is 34.0. The molecule has 2 atom stereocenters. The minimum atomic E-state index is -1.06. The number of aliphatic imine (C=N–C) groups is 1. The van der Waals surface area contributed by atoms with Crippen molar-refractivity contribution in [1.29, 1.82) is 0 Å². The van der Waals surface area contributed by atoms with Crippen molar-refractivity contribution in [1.82, 2.24) is 5.32 Å². The number of carbonyl (C=O) groups excluding carboxylic acids is 2. The molecule has 2 N–H and O–H groups in total. The van der Waals surface area contributed by atoms with Crippen molar-refractivity contribution in [2.45, 2.75) is 18.6 Å². The average Bonchev–Trinajstić information content (AvgIpc) is 3.08. The van der Waals surface area contributed by atoms with Gasteiger partial charge >= 0.3 is 0 Å². The van der Waals surface area contributed by atoms with Crippen LogP contribution in [0.15, 0.2) is 120 Å². The first-order chi connectivity index (χ1) is 18.2. The third-order valence-electron chi connectivity index (χ3n) is 6.38. The molecule has 184 valence electrons. The zero-order valence-electron chi connectivity index (χ0n) is 20.2. The predicted octanol–water partition coefficient (Wildman–Crippen LogP) is 4.29. The Balaban J connectivity index is 1.62. The van der Waals surface area contributed by atoms with Crippen LogP contribution < -0.4 is 10.2 Å². The second kappa shape index (κ2) is 11.0. The van der Waals surface area contributed by atoms with Crippen LogP contribution in [-0.2, 0) is 16.1 Å². The third-order valence-corrected chi connectivity index (χ3v) is 6.38. The van der Waals surface area contributed by atoms with Gasteiger partial charge in [0, 0.05) is 17.7 Å². The molecule has 0 aliphatic carbocycles. The topological polar surface area (TPSA) is 82.0 Å². The summed E-state index contributed by atoms with van der Waals surface area (Å²) in [6.07, 6.45) is 0. The Hall–Kier alpha value is -4.55. The molecule has 6 heteroatoms. The van der Waals surface area contributed by atoms with Crippen molar-refractivity contribution in [2.24, 2.45) is 4.99 Å². The van der Waals surface area contributed by atoms with Crippen LogP contribution in [0.1, 0.15) is 28.3 Å². The molecular weight excluding hydrogens is 462 g/mol. The minimum Gasteiger partial charge on any atom is -0.394 e. The Kier molecular flexibility index (Phi) is 7.19. The van der Waals surface area contributed by atoms with Gasteiger partial charge in [-0.15, -0.1) is 0 Å². The van der Waals surface area contributed by atoms with E-state index in [1.54, 1.807) is 0 Å². The summed E-state index contributed by atoms with van der Waals surface area (Å²) in [5.74, 6) is -0.761. The Morgan fingerprint density at radius 1 is 0.838 bits per heavy atom. The molecule has 2 amide bonds. The van der Waals surface area contributed by atoms with Gasteiger partial charge in [0.1, 0.15) is 6.04 Å². The normalized spacial score (nSPS) is 15.8. The molecule has 0 saturated heterocycles. The van der Waals surface area contributed by atoms with Crippen molar-refractivity contribution < 1.29 is 14.7 Å². The summed E-state index contributed by atoms with van der Waals surface area (Å²) in [5, 5.41) is 13.2. The SMILES string of the molecule is O=C(NCc1ccccc1)[C@@H](c1ccccc1)N1C(=O)[C@@H](CO)N=C(c2ccccc2)c2ccccc21. The summed E-state index contributed by atoms with van der Waals surface area (Å²) < 4.78 is 0. The van der Waals surface area contributed by atoms with Gasteiger partial charge in [0.15, 0.2) is 6.04 Å². The van der Waals surface area contributed by atoms with Gasteiger partial charge in [-0.1, -0.05) is 109 Å². The fourth-order valence-electron chi connectivity index (χ4n) is 4.59. The van der Waals surface area contributed by atoms with E-state index in [4.69, 9.17) is 4.99 Å². The van der Waals surface area contributed by atoms with E-state index in [9.17, 15) is 14.7 Å². The van der Waals surface area contributed by atoms with Crippen LogP contribution in [0.25, 0.3) is 0 Å². The fraction of sp³-hybridized carbons (Fsp3) is 0.129. The molecule has 1 heterocycles. The highest BCUT2D eigenvalue weighted by Crippen LogP contribution is 2.35. The molecule has 1 aliphatic heterocycles. The van der Waals surface area contributed by atoms with Gasteiger partial charge in [0.2, 0.25) is 5.91 Å². The van der Waals surface area contributed by atoms with Crippen molar-refractivity contribution in [3.05, 3.63) is 138 Å². The molecule has 0 unspecified atom stereocenters. The first-order valence-electron chi connectivity index (χ1n) is 12.2. The number of fused-ring (bicyclic) bond motifs is 1. The lowest BCUT2D eigenvalue weighted by Gasteiger charge is -2.32. The lowest BCUT2D eigenvalue weighted by Crippen LogP contribution is -2.47. The smallest absolute Gasteiger partial charge is 0.255 e. The highest BCUT2D eigenvalue weighted by atomic mass is 16.3. The van der Waals surface area contributed by atoms with E-state index < -0.39 is 24.6 Å². The monoisotopic (exact) mass is 489 g/mol. The zero-order chi connectivity index (χ0) is 25.6. The van der Waals surface area contributed by atoms with Crippen molar-refractivity contribution in [2.75, 3.05) is 11.5 Å². The molecule has 4 aromatic carbocycles. The van der Waals surface area contributed by atoms with Crippen molar-refractivity contribution in [3.8, 4) is 0 Å². The summed E-state index contributed by atoms with van der Waals surface area (Å²) in [5.41, 5.74) is 4.32. The largest absolute Gasteiger partial charge is 0.394 e. The molecule has 0 fully saturated rings. The summed E-state index contributed by atoms with van der Waals surface area (Å²) in [7, 11) is 0. The molecule has 0 aromatic heterocycles. The van der Waals surface area contributed by atoms with E-state index >= 15 is 0 Å². The highest BCUT2D eigenvalue weighted by Gasteiger charge is 2.39. The molecule has 0 bridgehead atoms. The second-order valence-corrected chi connectivity index (χ2v) is 8.78. The fourth-order valence-corrected chi connectivity index (χ4v) is 4.59. The number of nitrogens with one attached hydrogen (secondary N) is 1. The zero-order valence-corrected chi connectivity index (χ0v) is 20.2. The number of hydrogen-bond donors (Lipinski definition) is 2. The number of amides is 2. The van der Waals surface area contributed by atoms with E-state index in [0.717, 1.165) is 16.7 Å². The van der Waals surface area contributed by atoms with Crippen LogP contribution in [0.5, 0.6) is 0 Å². The Morgan fingerprint density at radius 3 is 2.11 bits per heavy atom. The van der Waals surface area contributed by atoms with E-state index in [0.29, 0.717) is 23.5 Å². The van der Waals surface area contributed by atoms with Crippen LogP contribution in [0.2, 0.25) is 0 Å². The van der Waals surface area contributed by atoms with Gasteiger partial charge < -0.3 is 10.4 Å². The maximum atomic E-state index is 14.0. The number of aliphatic hydroxyl groups is 1. The van der Waals surface area contributed by atoms with Crippen molar-refractivity contribution in [3.63, 3.8) is 0 Å². The lowest BCUT2D eigenvalue weighted by atomic mass is 9.98. The maximum absolute atomic E-state index is 14.0. The van der Waals surface area contributed by atoms with Crippen molar-refractivity contribution >= 4 is 23.2 Å². The number of benzodiazepines with no additional fused rings is 1. The number of rotatable bonds is 7. The molecule has 5 rings (SSSR count). The molecule has 4 aromatic rings. The van der Waals surface area contributed by atoms with Gasteiger partial charge in [-0.2, -0.15) is 0 Å². The number of anilines is 1. The Labute approximate surface area is 215 Å². The average molecular weight is 490 g/mol. The second-order valence-electron chi connectivity index (χ2n) is 8.78. The number of benzene rings is 4. The first-order valence-corrected chi connectivity index (χ1v) is 12.2. The van der Waals surface area contributed by atoms with E-state index in [2.05, 4.69) is 5.32 Å². The van der Waals surface area contributed by atoms with Crippen LogP contribution in [0.4, 0.5) is 5.69 Å². The third kappa shape index (κ3) is 5.06. The van der Waals surface area contributed by atoms with Crippen LogP contribution >= 0.6 is 0 Å². The van der Waals surface area contributed by atoms with Gasteiger partial charge in [-0.25, -0.2) is 0 Å². The van der Waals surface area contributed by atoms with Crippen LogP contribution in [0.3, 0.4) is 0 Å². The van der Waals surface area contributed by atoms with Crippen LogP contribution in [0, 0.1) is 0 Å². The number of aliphatic hydroxyl groups excluding tert-OH is 1. The summed E-state index contributed by atoms with van der Waals surface area (Å²) in [6.45, 7) is -0.158. The molecule has 0 radical (unpaired) electrons. The lowest BCUT2D eigenvalue weighted by molar-refractivity contribution is -0.127. The van der Waals surface area contributed by atoms with Gasteiger partial charge in [0.25, 0.3) is 5.91 Å². The van der Waals surface area contributed by atoms with Gasteiger partial charge in [-0.3, -0.25) is 19.5 Å². The molecule has 0 spiro atoms. The Bertz CT molecular complexity index is 1410. The van der Waals surface area contributed by atoms with E-state index in [1.807, 2.05) is 115 Å². The number of carbonyl (C=O) groups is 2. The van der Waals surface area contributed by atoms with E-state index in [-0.39, 0.29) is 5.91 Å². The quantitative estimate of drug-likeness (QED) is 0.406. The standard InChI is InChI=1S/C31H27N3O3/c35-21-26-31(37)34(27-19-11-10-18-25(27)28(33-26)23-14-6-2-7-15-23)29(24-16-8-3-9-17-24)30(36)32-20-22-12-4-1-5-13-22/h1-19,26,29,35H,20-21H2,(H,32,36)/t26-,29-/m1/s1. The van der Waals surface area contributed by atoms with Gasteiger partial charge in [-0.05, 0) is 17.2 Å². The predicted molar refractivity (Wildman–Crippen MR) is 144 cm³/mol. The highest BCUT2D eigenvalue weighted by molar-refractivity contribution is 6.21. The summed E-state index contributed by atoms with van der Waals surface area (Å²) >= 11 is 0. The minimum absolute atomic E-state index is 0.321. The van der Waals surface area contributed by atoms with E-state index in [1.165, 1.54) is 4.90 Å². The number of hydrogen-bond acceptors (Lipinski definition) is 4. The number of nitrogens with zero attached hydrogens (tertiary/aromatic N) is 2. The molecule has 0 saturated carbocycles. The Morgan fingerprint density at radius 2 is 1.43 bits per heavy atom. The molecule has 1 aliphatic rings. The summed E-state index contributed by atoms with van der Waals surface area (Å²) in [6, 6.07) is 33.8. The molecule has 37 heavy (non-hydrogen) atoms. The number of para-hydroxylation sites is 1. The first kappa shape index (κ1) is 24.2.